The van der Waals surface area contributed by atoms with Crippen LogP contribution < -0.4 is 11.1 Å². The molecule has 0 spiro atoms. The molecule has 2 aromatic rings. The Morgan fingerprint density at radius 2 is 1.91 bits per heavy atom. The van der Waals surface area contributed by atoms with E-state index in [4.69, 9.17) is 5.73 Å². The maximum absolute atomic E-state index is 6.04. The fourth-order valence-electron chi connectivity index (χ4n) is 3.31. The van der Waals surface area contributed by atoms with Gasteiger partial charge in [-0.05, 0) is 30.9 Å². The topological polar surface area (TPSA) is 66.2 Å². The van der Waals surface area contributed by atoms with Gasteiger partial charge in [-0.2, -0.15) is 0 Å². The lowest BCUT2D eigenvalue weighted by Crippen LogP contribution is -2.40. The standard InChI is InChI=1S/C18H26N4.HI/c19-18(22-15-7-3-1-2-4-8-15)20-12-11-14-13-21-17-10-6-5-9-16(14)17;/h5-6,9-10,13,15,21H,1-4,7-8,11-12H2,(H3,19,20,22);1H. The lowest BCUT2D eigenvalue weighted by molar-refractivity contribution is 0.530. The van der Waals surface area contributed by atoms with Crippen LogP contribution >= 0.6 is 24.0 Å². The van der Waals surface area contributed by atoms with E-state index >= 15 is 0 Å². The lowest BCUT2D eigenvalue weighted by atomic mass is 10.1. The van der Waals surface area contributed by atoms with E-state index in [0.29, 0.717) is 12.0 Å². The Morgan fingerprint density at radius 1 is 1.17 bits per heavy atom. The minimum atomic E-state index is 0. The SMILES string of the molecule is I.NC(=NCCc1c[nH]c2ccccc12)NC1CCCCCC1. The first-order chi connectivity index (χ1) is 10.8. The van der Waals surface area contributed by atoms with Gasteiger partial charge in [0.05, 0.1) is 0 Å². The number of halogens is 1. The fraction of sp³-hybridized carbons (Fsp3) is 0.500. The van der Waals surface area contributed by atoms with Crippen molar-refractivity contribution < 1.29 is 0 Å². The quantitative estimate of drug-likeness (QED) is 0.300. The molecular weight excluding hydrogens is 399 g/mol. The highest BCUT2D eigenvalue weighted by atomic mass is 127. The third-order valence-electron chi connectivity index (χ3n) is 4.55. The number of guanidine groups is 1. The Kier molecular flexibility index (Phi) is 7.20. The number of nitrogens with one attached hydrogen (secondary N) is 2. The molecule has 4 N–H and O–H groups in total. The molecule has 23 heavy (non-hydrogen) atoms. The summed E-state index contributed by atoms with van der Waals surface area (Å²) < 4.78 is 0. The molecule has 1 aliphatic rings. The summed E-state index contributed by atoms with van der Waals surface area (Å²) >= 11 is 0. The molecule has 0 saturated heterocycles. The normalized spacial score (nSPS) is 16.8. The van der Waals surface area contributed by atoms with Crippen molar-refractivity contribution in [2.75, 3.05) is 6.54 Å². The first kappa shape index (κ1) is 18.1. The molecule has 1 saturated carbocycles. The van der Waals surface area contributed by atoms with Crippen LogP contribution in [-0.4, -0.2) is 23.5 Å². The van der Waals surface area contributed by atoms with Gasteiger partial charge in [0.1, 0.15) is 0 Å². The third kappa shape index (κ3) is 5.12. The van der Waals surface area contributed by atoms with E-state index in [2.05, 4.69) is 45.8 Å². The number of para-hydroxylation sites is 1. The Morgan fingerprint density at radius 3 is 2.70 bits per heavy atom. The van der Waals surface area contributed by atoms with E-state index in [-0.39, 0.29) is 24.0 Å². The first-order valence-electron chi connectivity index (χ1n) is 8.44. The minimum absolute atomic E-state index is 0. The van der Waals surface area contributed by atoms with E-state index < -0.39 is 0 Å². The Labute approximate surface area is 155 Å². The number of nitrogens with zero attached hydrogens (tertiary/aromatic N) is 1. The first-order valence-corrected chi connectivity index (χ1v) is 8.44. The van der Waals surface area contributed by atoms with Gasteiger partial charge in [-0.1, -0.05) is 43.9 Å². The second kappa shape index (κ2) is 9.15. The number of nitrogens with two attached hydrogens (primary N) is 1. The monoisotopic (exact) mass is 426 g/mol. The molecule has 1 fully saturated rings. The highest BCUT2D eigenvalue weighted by Crippen LogP contribution is 2.18. The van der Waals surface area contributed by atoms with Crippen LogP contribution in [0.4, 0.5) is 0 Å². The van der Waals surface area contributed by atoms with E-state index in [1.165, 1.54) is 55.0 Å². The number of hydrogen-bond donors (Lipinski definition) is 3. The Hall–Kier alpha value is -1.24. The highest BCUT2D eigenvalue weighted by Gasteiger charge is 2.12. The molecular formula is C18H27IN4. The van der Waals surface area contributed by atoms with Crippen LogP contribution in [0.5, 0.6) is 0 Å². The number of rotatable bonds is 4. The molecule has 1 aromatic carbocycles. The summed E-state index contributed by atoms with van der Waals surface area (Å²) in [5.74, 6) is 0.603. The van der Waals surface area contributed by atoms with Crippen molar-refractivity contribution in [3.63, 3.8) is 0 Å². The summed E-state index contributed by atoms with van der Waals surface area (Å²) in [6, 6.07) is 8.89. The van der Waals surface area contributed by atoms with Crippen molar-refractivity contribution in [1.29, 1.82) is 0 Å². The number of fused-ring (bicyclic) bond motifs is 1. The zero-order valence-corrected chi connectivity index (χ0v) is 15.9. The van der Waals surface area contributed by atoms with E-state index in [0.717, 1.165) is 13.0 Å². The van der Waals surface area contributed by atoms with Crippen molar-refractivity contribution >= 4 is 40.8 Å². The number of aliphatic imine (C=N–C) groups is 1. The van der Waals surface area contributed by atoms with E-state index in [1.807, 2.05) is 0 Å². The molecule has 4 nitrogen and oxygen atoms in total. The molecule has 0 amide bonds. The van der Waals surface area contributed by atoms with Crippen LogP contribution in [0.1, 0.15) is 44.1 Å². The van der Waals surface area contributed by atoms with Gasteiger partial charge in [-0.3, -0.25) is 4.99 Å². The number of hydrogen-bond acceptors (Lipinski definition) is 1. The zero-order chi connectivity index (χ0) is 15.2. The van der Waals surface area contributed by atoms with Gasteiger partial charge in [-0.15, -0.1) is 24.0 Å². The van der Waals surface area contributed by atoms with Gasteiger partial charge in [0.25, 0.3) is 0 Å². The summed E-state index contributed by atoms with van der Waals surface area (Å²) in [7, 11) is 0. The van der Waals surface area contributed by atoms with Crippen LogP contribution in [0.3, 0.4) is 0 Å². The molecule has 0 atom stereocenters. The molecule has 0 bridgehead atoms. The van der Waals surface area contributed by atoms with Crippen molar-refractivity contribution in [3.05, 3.63) is 36.0 Å². The second-order valence-corrected chi connectivity index (χ2v) is 6.21. The number of aromatic nitrogens is 1. The maximum atomic E-state index is 6.04. The van der Waals surface area contributed by atoms with Gasteiger partial charge in [0.15, 0.2) is 5.96 Å². The molecule has 1 aliphatic carbocycles. The average molecular weight is 426 g/mol. The van der Waals surface area contributed by atoms with Gasteiger partial charge >= 0.3 is 0 Å². The molecule has 0 radical (unpaired) electrons. The fourth-order valence-corrected chi connectivity index (χ4v) is 3.31. The van der Waals surface area contributed by atoms with Gasteiger partial charge in [0.2, 0.25) is 0 Å². The molecule has 126 valence electrons. The maximum Gasteiger partial charge on any atom is 0.188 e. The largest absolute Gasteiger partial charge is 0.370 e. The van der Waals surface area contributed by atoms with Crippen LogP contribution in [0.2, 0.25) is 0 Å². The van der Waals surface area contributed by atoms with Crippen molar-refractivity contribution in [2.24, 2.45) is 10.7 Å². The van der Waals surface area contributed by atoms with Crippen molar-refractivity contribution in [1.82, 2.24) is 10.3 Å². The molecule has 0 aliphatic heterocycles. The molecule has 5 heteroatoms. The van der Waals surface area contributed by atoms with Crippen molar-refractivity contribution in [3.8, 4) is 0 Å². The predicted molar refractivity (Wildman–Crippen MR) is 109 cm³/mol. The smallest absolute Gasteiger partial charge is 0.188 e. The molecule has 1 aromatic heterocycles. The Bertz CT molecular complexity index is 627. The van der Waals surface area contributed by atoms with Gasteiger partial charge in [0, 0.05) is 29.7 Å². The molecule has 0 unspecified atom stereocenters. The third-order valence-corrected chi connectivity index (χ3v) is 4.55. The van der Waals surface area contributed by atoms with E-state index in [1.54, 1.807) is 0 Å². The van der Waals surface area contributed by atoms with Gasteiger partial charge in [-0.25, -0.2) is 0 Å². The lowest BCUT2D eigenvalue weighted by Gasteiger charge is -2.16. The average Bonchev–Trinajstić information content (AvgIpc) is 2.76. The summed E-state index contributed by atoms with van der Waals surface area (Å²) in [4.78, 5) is 7.80. The number of aromatic amines is 1. The molecule has 3 rings (SSSR count). The summed E-state index contributed by atoms with van der Waals surface area (Å²) in [6.07, 6.45) is 10.8. The second-order valence-electron chi connectivity index (χ2n) is 6.21. The van der Waals surface area contributed by atoms with Crippen LogP contribution in [0.25, 0.3) is 10.9 Å². The van der Waals surface area contributed by atoms with Crippen LogP contribution in [0, 0.1) is 0 Å². The van der Waals surface area contributed by atoms with Crippen molar-refractivity contribution in [2.45, 2.75) is 51.0 Å². The van der Waals surface area contributed by atoms with Crippen LogP contribution in [0.15, 0.2) is 35.5 Å². The summed E-state index contributed by atoms with van der Waals surface area (Å²) in [6.45, 7) is 0.730. The van der Waals surface area contributed by atoms with Crippen LogP contribution in [-0.2, 0) is 6.42 Å². The Balaban J connectivity index is 0.00000192. The minimum Gasteiger partial charge on any atom is -0.370 e. The summed E-state index contributed by atoms with van der Waals surface area (Å²) in [5.41, 5.74) is 8.53. The van der Waals surface area contributed by atoms with E-state index in [9.17, 15) is 0 Å². The predicted octanol–water partition coefficient (Wildman–Crippen LogP) is 3.96. The molecule has 1 heterocycles. The zero-order valence-electron chi connectivity index (χ0n) is 13.6. The summed E-state index contributed by atoms with van der Waals surface area (Å²) in [5, 5.41) is 4.68. The highest BCUT2D eigenvalue weighted by molar-refractivity contribution is 14.0. The van der Waals surface area contributed by atoms with Gasteiger partial charge < -0.3 is 16.0 Å². The number of H-pyrrole nitrogens is 1. The number of benzene rings is 1.